The molecule has 2 rings (SSSR count). The van der Waals surface area contributed by atoms with Gasteiger partial charge in [0, 0.05) is 0 Å². The van der Waals surface area contributed by atoms with E-state index in [1.807, 2.05) is 17.8 Å². The molecule has 0 aromatic heterocycles. The molecule has 1 aromatic rings. The van der Waals surface area contributed by atoms with Gasteiger partial charge in [-0.2, -0.15) is 11.8 Å². The van der Waals surface area contributed by atoms with Gasteiger partial charge in [0.25, 0.3) is 0 Å². The van der Waals surface area contributed by atoms with Crippen LogP contribution >= 0.6 is 11.8 Å². The van der Waals surface area contributed by atoms with E-state index in [1.165, 1.54) is 30.4 Å². The van der Waals surface area contributed by atoms with Crippen LogP contribution in [0.4, 0.5) is 4.39 Å². The fraction of sp³-hybridized carbons (Fsp3) is 0.538. The Kier molecular flexibility index (Phi) is 4.24. The van der Waals surface area contributed by atoms with Crippen molar-refractivity contribution in [2.75, 3.05) is 18.1 Å². The van der Waals surface area contributed by atoms with Crippen molar-refractivity contribution in [3.63, 3.8) is 0 Å². The summed E-state index contributed by atoms with van der Waals surface area (Å²) in [5.74, 6) is 3.21. The van der Waals surface area contributed by atoms with Crippen LogP contribution in [0.1, 0.15) is 24.3 Å². The number of rotatable bonds is 3. The van der Waals surface area contributed by atoms with Crippen LogP contribution < -0.4 is 5.73 Å². The zero-order chi connectivity index (χ0) is 11.4. The molecule has 2 N–H and O–H groups in total. The standard InChI is InChI=1S/C13H18FNS/c14-12-5-1-3-10(7-12)13(8-15)11-4-2-6-16-9-11/h1,3,5,7,11,13H,2,4,6,8-9,15H2. The summed E-state index contributed by atoms with van der Waals surface area (Å²) in [7, 11) is 0. The Hall–Kier alpha value is -0.540. The number of benzene rings is 1. The van der Waals surface area contributed by atoms with Gasteiger partial charge < -0.3 is 5.73 Å². The van der Waals surface area contributed by atoms with E-state index in [0.29, 0.717) is 18.4 Å². The zero-order valence-corrected chi connectivity index (χ0v) is 10.2. The Morgan fingerprint density at radius 3 is 3.00 bits per heavy atom. The molecule has 2 unspecified atom stereocenters. The van der Waals surface area contributed by atoms with Crippen molar-refractivity contribution < 1.29 is 4.39 Å². The minimum absolute atomic E-state index is 0.153. The van der Waals surface area contributed by atoms with Gasteiger partial charge in [-0.1, -0.05) is 12.1 Å². The molecule has 2 atom stereocenters. The summed E-state index contributed by atoms with van der Waals surface area (Å²) >= 11 is 2.00. The smallest absolute Gasteiger partial charge is 0.123 e. The van der Waals surface area contributed by atoms with E-state index in [9.17, 15) is 4.39 Å². The van der Waals surface area contributed by atoms with E-state index < -0.39 is 0 Å². The lowest BCUT2D eigenvalue weighted by molar-refractivity contribution is 0.429. The zero-order valence-electron chi connectivity index (χ0n) is 9.36. The molecule has 0 aliphatic carbocycles. The Balaban J connectivity index is 2.14. The molecule has 1 heterocycles. The number of thioether (sulfide) groups is 1. The fourth-order valence-electron chi connectivity index (χ4n) is 2.42. The van der Waals surface area contributed by atoms with Crippen LogP contribution in [0.2, 0.25) is 0 Å². The first kappa shape index (κ1) is 11.9. The Labute approximate surface area is 101 Å². The molecule has 0 amide bonds. The Morgan fingerprint density at radius 1 is 1.50 bits per heavy atom. The quantitative estimate of drug-likeness (QED) is 0.877. The first-order chi connectivity index (χ1) is 7.81. The maximum atomic E-state index is 13.2. The highest BCUT2D eigenvalue weighted by Gasteiger charge is 2.24. The molecule has 3 heteroatoms. The van der Waals surface area contributed by atoms with Crippen molar-refractivity contribution in [3.05, 3.63) is 35.6 Å². The number of nitrogens with two attached hydrogens (primary N) is 1. The third-order valence-corrected chi connectivity index (χ3v) is 4.54. The summed E-state index contributed by atoms with van der Waals surface area (Å²) in [6.07, 6.45) is 2.49. The van der Waals surface area contributed by atoms with Crippen LogP contribution in [0, 0.1) is 11.7 Å². The summed E-state index contributed by atoms with van der Waals surface area (Å²) in [5, 5.41) is 0. The molecular formula is C13H18FNS. The highest BCUT2D eigenvalue weighted by atomic mass is 32.2. The van der Waals surface area contributed by atoms with Gasteiger partial charge in [-0.3, -0.25) is 0 Å². The third-order valence-electron chi connectivity index (χ3n) is 3.30. The monoisotopic (exact) mass is 239 g/mol. The highest BCUT2D eigenvalue weighted by Crippen LogP contribution is 2.34. The fourth-order valence-corrected chi connectivity index (χ4v) is 3.66. The van der Waals surface area contributed by atoms with Gasteiger partial charge in [0.2, 0.25) is 0 Å². The number of halogens is 1. The molecular weight excluding hydrogens is 221 g/mol. The number of hydrogen-bond acceptors (Lipinski definition) is 2. The molecule has 1 fully saturated rings. The van der Waals surface area contributed by atoms with E-state index in [1.54, 1.807) is 12.1 Å². The van der Waals surface area contributed by atoms with Gasteiger partial charge in [0.1, 0.15) is 5.82 Å². The second-order valence-electron chi connectivity index (χ2n) is 4.37. The second-order valence-corrected chi connectivity index (χ2v) is 5.52. The Morgan fingerprint density at radius 2 is 2.38 bits per heavy atom. The van der Waals surface area contributed by atoms with Gasteiger partial charge in [-0.15, -0.1) is 0 Å². The summed E-state index contributed by atoms with van der Waals surface area (Å²) in [6, 6.07) is 6.91. The van der Waals surface area contributed by atoms with Gasteiger partial charge in [-0.25, -0.2) is 4.39 Å². The average molecular weight is 239 g/mol. The maximum Gasteiger partial charge on any atom is 0.123 e. The molecule has 0 bridgehead atoms. The third kappa shape index (κ3) is 2.77. The summed E-state index contributed by atoms with van der Waals surface area (Å²) in [5.41, 5.74) is 6.92. The highest BCUT2D eigenvalue weighted by molar-refractivity contribution is 7.99. The minimum Gasteiger partial charge on any atom is -0.330 e. The van der Waals surface area contributed by atoms with Crippen LogP contribution in [-0.2, 0) is 0 Å². The van der Waals surface area contributed by atoms with E-state index in [-0.39, 0.29) is 5.82 Å². The normalized spacial score (nSPS) is 23.0. The van der Waals surface area contributed by atoms with E-state index >= 15 is 0 Å². The van der Waals surface area contributed by atoms with E-state index in [2.05, 4.69) is 0 Å². The van der Waals surface area contributed by atoms with Crippen molar-refractivity contribution in [3.8, 4) is 0 Å². The SMILES string of the molecule is NCC(c1cccc(F)c1)C1CCCSC1. The van der Waals surface area contributed by atoms with Crippen molar-refractivity contribution in [1.82, 2.24) is 0 Å². The molecule has 0 spiro atoms. The largest absolute Gasteiger partial charge is 0.330 e. The first-order valence-corrected chi connectivity index (χ1v) is 7.00. The van der Waals surface area contributed by atoms with Crippen LogP contribution in [0.15, 0.2) is 24.3 Å². The molecule has 1 saturated heterocycles. The lowest BCUT2D eigenvalue weighted by Crippen LogP contribution is -2.25. The molecule has 88 valence electrons. The maximum absolute atomic E-state index is 13.2. The van der Waals surface area contributed by atoms with Crippen molar-refractivity contribution >= 4 is 11.8 Å². The Bertz CT molecular complexity index is 336. The van der Waals surface area contributed by atoms with Gasteiger partial charge in [-0.05, 0) is 60.4 Å². The van der Waals surface area contributed by atoms with Crippen LogP contribution in [0.25, 0.3) is 0 Å². The molecule has 1 aromatic carbocycles. The number of hydrogen-bond donors (Lipinski definition) is 1. The molecule has 16 heavy (non-hydrogen) atoms. The van der Waals surface area contributed by atoms with Gasteiger partial charge in [0.05, 0.1) is 0 Å². The lowest BCUT2D eigenvalue weighted by atomic mass is 9.84. The second kappa shape index (κ2) is 5.69. The van der Waals surface area contributed by atoms with Gasteiger partial charge >= 0.3 is 0 Å². The molecule has 1 aliphatic rings. The van der Waals surface area contributed by atoms with Crippen LogP contribution in [-0.4, -0.2) is 18.1 Å². The predicted molar refractivity (Wildman–Crippen MR) is 68.2 cm³/mol. The van der Waals surface area contributed by atoms with Crippen LogP contribution in [0.5, 0.6) is 0 Å². The van der Waals surface area contributed by atoms with Crippen molar-refractivity contribution in [1.29, 1.82) is 0 Å². The van der Waals surface area contributed by atoms with Crippen molar-refractivity contribution in [2.24, 2.45) is 11.7 Å². The predicted octanol–water partition coefficient (Wildman–Crippen LogP) is 3.01. The van der Waals surface area contributed by atoms with Crippen LogP contribution in [0.3, 0.4) is 0 Å². The van der Waals surface area contributed by atoms with E-state index in [0.717, 1.165) is 5.56 Å². The average Bonchev–Trinajstić information content (AvgIpc) is 2.31. The summed E-state index contributed by atoms with van der Waals surface area (Å²) in [6.45, 7) is 0.620. The molecule has 1 aliphatic heterocycles. The van der Waals surface area contributed by atoms with E-state index in [4.69, 9.17) is 5.73 Å². The topological polar surface area (TPSA) is 26.0 Å². The molecule has 1 nitrogen and oxygen atoms in total. The molecule has 0 radical (unpaired) electrons. The lowest BCUT2D eigenvalue weighted by Gasteiger charge is -2.29. The minimum atomic E-state index is -0.153. The molecule has 0 saturated carbocycles. The first-order valence-electron chi connectivity index (χ1n) is 5.84. The van der Waals surface area contributed by atoms with Crippen molar-refractivity contribution in [2.45, 2.75) is 18.8 Å². The summed E-state index contributed by atoms with van der Waals surface area (Å²) < 4.78 is 13.2. The summed E-state index contributed by atoms with van der Waals surface area (Å²) in [4.78, 5) is 0. The van der Waals surface area contributed by atoms with Gasteiger partial charge in [0.15, 0.2) is 0 Å².